The van der Waals surface area contributed by atoms with Gasteiger partial charge in [-0.25, -0.2) is 8.78 Å². The molecule has 0 unspecified atom stereocenters. The van der Waals surface area contributed by atoms with Gasteiger partial charge < -0.3 is 5.11 Å². The van der Waals surface area contributed by atoms with Gasteiger partial charge in [-0.3, -0.25) is 4.79 Å². The molecule has 0 saturated heterocycles. The first-order chi connectivity index (χ1) is 7.47. The molecule has 1 aromatic carbocycles. The van der Waals surface area contributed by atoms with Crippen molar-refractivity contribution in [2.75, 3.05) is 0 Å². The number of nitriles is 1. The van der Waals surface area contributed by atoms with Gasteiger partial charge in [0.1, 0.15) is 6.07 Å². The maximum atomic E-state index is 12.6. The van der Waals surface area contributed by atoms with E-state index in [0.717, 1.165) is 6.07 Å². The smallest absolute Gasteiger partial charge is 0.307 e. The van der Waals surface area contributed by atoms with Gasteiger partial charge in [-0.15, -0.1) is 0 Å². The number of benzene rings is 1. The number of carboxylic acids is 1. The third-order valence-corrected chi connectivity index (χ3v) is 2.87. The van der Waals surface area contributed by atoms with Gasteiger partial charge in [-0.2, -0.15) is 5.26 Å². The summed E-state index contributed by atoms with van der Waals surface area (Å²) in [5.41, 5.74) is -0.282. The fraction of sp³-hybridized carbons (Fsp3) is 0.200. The van der Waals surface area contributed by atoms with E-state index in [1.165, 1.54) is 6.07 Å². The Morgan fingerprint density at radius 2 is 2.19 bits per heavy atom. The average molecular weight is 290 g/mol. The summed E-state index contributed by atoms with van der Waals surface area (Å²) in [4.78, 5) is 10.5. The first kappa shape index (κ1) is 12.6. The highest BCUT2D eigenvalue weighted by Gasteiger charge is 2.19. The molecule has 1 N–H and O–H groups in total. The SMILES string of the molecule is N#Cc1ccc(C(F)F)c(CC(=O)O)c1Br. The number of alkyl halides is 2. The van der Waals surface area contributed by atoms with Crippen molar-refractivity contribution in [2.45, 2.75) is 12.8 Å². The zero-order valence-corrected chi connectivity index (χ0v) is 9.46. The maximum absolute atomic E-state index is 12.6. The molecule has 0 heterocycles. The molecule has 1 aromatic rings. The second-order valence-corrected chi connectivity index (χ2v) is 3.77. The summed E-state index contributed by atoms with van der Waals surface area (Å²) >= 11 is 2.97. The highest BCUT2D eigenvalue weighted by molar-refractivity contribution is 9.10. The van der Waals surface area contributed by atoms with E-state index < -0.39 is 18.8 Å². The molecular formula is C10H6BrF2NO2. The molecule has 3 nitrogen and oxygen atoms in total. The predicted octanol–water partition coefficient (Wildman–Crippen LogP) is 2.89. The van der Waals surface area contributed by atoms with E-state index in [1.807, 2.05) is 0 Å². The second-order valence-electron chi connectivity index (χ2n) is 2.98. The Morgan fingerprint density at radius 3 is 2.62 bits per heavy atom. The Balaban J connectivity index is 3.37. The molecule has 0 bridgehead atoms. The summed E-state index contributed by atoms with van der Waals surface area (Å²) in [7, 11) is 0. The summed E-state index contributed by atoms with van der Waals surface area (Å²) in [6, 6.07) is 4.10. The van der Waals surface area contributed by atoms with E-state index in [-0.39, 0.29) is 21.2 Å². The fourth-order valence-electron chi connectivity index (χ4n) is 1.26. The summed E-state index contributed by atoms with van der Waals surface area (Å²) < 4.78 is 25.3. The van der Waals surface area contributed by atoms with E-state index in [2.05, 4.69) is 15.9 Å². The average Bonchev–Trinajstić information content (AvgIpc) is 2.19. The molecule has 16 heavy (non-hydrogen) atoms. The van der Waals surface area contributed by atoms with Crippen molar-refractivity contribution in [2.24, 2.45) is 0 Å². The van der Waals surface area contributed by atoms with Gasteiger partial charge in [0.15, 0.2) is 0 Å². The second kappa shape index (κ2) is 5.03. The fourth-order valence-corrected chi connectivity index (χ4v) is 1.85. The van der Waals surface area contributed by atoms with E-state index in [4.69, 9.17) is 10.4 Å². The van der Waals surface area contributed by atoms with Crippen molar-refractivity contribution in [3.05, 3.63) is 33.3 Å². The third-order valence-electron chi connectivity index (χ3n) is 1.96. The van der Waals surface area contributed by atoms with E-state index in [1.54, 1.807) is 6.07 Å². The molecule has 84 valence electrons. The first-order valence-corrected chi connectivity index (χ1v) is 4.98. The lowest BCUT2D eigenvalue weighted by molar-refractivity contribution is -0.136. The zero-order chi connectivity index (χ0) is 12.3. The molecule has 0 fully saturated rings. The Bertz CT molecular complexity index is 469. The third kappa shape index (κ3) is 2.55. The van der Waals surface area contributed by atoms with Crippen LogP contribution in [-0.2, 0) is 11.2 Å². The van der Waals surface area contributed by atoms with E-state index in [0.29, 0.717) is 0 Å². The molecule has 0 aliphatic rings. The van der Waals surface area contributed by atoms with Gasteiger partial charge in [0.2, 0.25) is 0 Å². The zero-order valence-electron chi connectivity index (χ0n) is 7.88. The molecule has 1 rings (SSSR count). The number of rotatable bonds is 3. The standard InChI is InChI=1S/C10H6BrF2NO2/c11-9-5(4-14)1-2-6(10(12)13)7(9)3-8(15)16/h1-2,10H,3H2,(H,15,16). The Labute approximate surface area is 98.4 Å². The molecular weight excluding hydrogens is 284 g/mol. The summed E-state index contributed by atoms with van der Waals surface area (Å²) in [6.07, 6.45) is -3.31. The van der Waals surface area contributed by atoms with Gasteiger partial charge in [0.25, 0.3) is 6.43 Å². The van der Waals surface area contributed by atoms with Gasteiger partial charge in [-0.1, -0.05) is 6.07 Å². The van der Waals surface area contributed by atoms with E-state index >= 15 is 0 Å². The Hall–Kier alpha value is -1.48. The van der Waals surface area contributed by atoms with Crippen LogP contribution in [-0.4, -0.2) is 11.1 Å². The van der Waals surface area contributed by atoms with Crippen LogP contribution in [0.25, 0.3) is 0 Å². The summed E-state index contributed by atoms with van der Waals surface area (Å²) in [5.74, 6) is -1.22. The molecule has 0 saturated carbocycles. The van der Waals surface area contributed by atoms with Gasteiger partial charge in [-0.05, 0) is 27.6 Å². The molecule has 0 radical (unpaired) electrons. The molecule has 0 spiro atoms. The van der Waals surface area contributed by atoms with Gasteiger partial charge in [0, 0.05) is 10.0 Å². The van der Waals surface area contributed by atoms with Crippen LogP contribution >= 0.6 is 15.9 Å². The summed E-state index contributed by atoms with van der Waals surface area (Å²) in [6.45, 7) is 0. The number of halogens is 3. The lowest BCUT2D eigenvalue weighted by Crippen LogP contribution is -2.06. The van der Waals surface area contributed by atoms with E-state index in [9.17, 15) is 13.6 Å². The van der Waals surface area contributed by atoms with Crippen molar-refractivity contribution in [1.29, 1.82) is 5.26 Å². The molecule has 0 amide bonds. The largest absolute Gasteiger partial charge is 0.481 e. The van der Waals surface area contributed by atoms with Crippen LogP contribution in [0.2, 0.25) is 0 Å². The molecule has 0 aromatic heterocycles. The maximum Gasteiger partial charge on any atom is 0.307 e. The lowest BCUT2D eigenvalue weighted by atomic mass is 10.0. The minimum atomic E-state index is -2.77. The number of carbonyl (C=O) groups is 1. The molecule has 6 heteroatoms. The summed E-state index contributed by atoms with van der Waals surface area (Å²) in [5, 5.41) is 17.3. The van der Waals surface area contributed by atoms with Crippen LogP contribution in [0.3, 0.4) is 0 Å². The number of nitrogens with zero attached hydrogens (tertiary/aromatic N) is 1. The number of carboxylic acid groups (broad SMARTS) is 1. The van der Waals surface area contributed by atoms with Crippen LogP contribution in [0.1, 0.15) is 23.1 Å². The van der Waals surface area contributed by atoms with Gasteiger partial charge in [0.05, 0.1) is 12.0 Å². The highest BCUT2D eigenvalue weighted by atomic mass is 79.9. The first-order valence-electron chi connectivity index (χ1n) is 4.18. The van der Waals surface area contributed by atoms with Crippen LogP contribution in [0, 0.1) is 11.3 Å². The molecule has 0 aliphatic heterocycles. The minimum absolute atomic E-state index is 0.0541. The van der Waals surface area contributed by atoms with Crippen LogP contribution < -0.4 is 0 Å². The quantitative estimate of drug-likeness (QED) is 0.931. The van der Waals surface area contributed by atoms with Crippen LogP contribution in [0.4, 0.5) is 8.78 Å². The van der Waals surface area contributed by atoms with Crippen molar-refractivity contribution in [1.82, 2.24) is 0 Å². The lowest BCUT2D eigenvalue weighted by Gasteiger charge is -2.10. The van der Waals surface area contributed by atoms with Crippen LogP contribution in [0.15, 0.2) is 16.6 Å². The number of hydrogen-bond donors (Lipinski definition) is 1. The van der Waals surface area contributed by atoms with Crippen LogP contribution in [0.5, 0.6) is 0 Å². The molecule has 0 atom stereocenters. The monoisotopic (exact) mass is 289 g/mol. The predicted molar refractivity (Wildman–Crippen MR) is 55.2 cm³/mol. The highest BCUT2D eigenvalue weighted by Crippen LogP contribution is 2.31. The molecule has 0 aliphatic carbocycles. The Morgan fingerprint density at radius 1 is 1.56 bits per heavy atom. The van der Waals surface area contributed by atoms with Gasteiger partial charge >= 0.3 is 5.97 Å². The van der Waals surface area contributed by atoms with Crippen molar-refractivity contribution in [3.63, 3.8) is 0 Å². The topological polar surface area (TPSA) is 61.1 Å². The number of hydrogen-bond acceptors (Lipinski definition) is 2. The number of aliphatic carboxylic acids is 1. The Kier molecular flexibility index (Phi) is 3.96. The van der Waals surface area contributed by atoms with Crippen molar-refractivity contribution < 1.29 is 18.7 Å². The van der Waals surface area contributed by atoms with Crippen molar-refractivity contribution in [3.8, 4) is 6.07 Å². The normalized spacial score (nSPS) is 10.2. The minimum Gasteiger partial charge on any atom is -0.481 e. The van der Waals surface area contributed by atoms with Crippen molar-refractivity contribution >= 4 is 21.9 Å².